The second-order valence-electron chi connectivity index (χ2n) is 4.48. The third-order valence-electron chi connectivity index (χ3n) is 3.47. The lowest BCUT2D eigenvalue weighted by Gasteiger charge is -2.20. The highest BCUT2D eigenvalue weighted by Crippen LogP contribution is 2.23. The predicted molar refractivity (Wildman–Crippen MR) is 63.2 cm³/mol. The number of nitrogens with zero attached hydrogens (tertiary/aromatic N) is 2. The maximum absolute atomic E-state index is 8.80. The first kappa shape index (κ1) is 10.1. The van der Waals surface area contributed by atoms with Gasteiger partial charge in [0.2, 0.25) is 6.33 Å². The lowest BCUT2D eigenvalue weighted by molar-refractivity contribution is -0.724. The van der Waals surface area contributed by atoms with Crippen molar-refractivity contribution in [2.75, 3.05) is 0 Å². The van der Waals surface area contributed by atoms with Crippen LogP contribution in [0.25, 0.3) is 0 Å². The number of nitrogens with one attached hydrogen (secondary N) is 1. The maximum Gasteiger partial charge on any atom is 0.242 e. The van der Waals surface area contributed by atoms with E-state index in [-0.39, 0.29) is 0 Å². The summed E-state index contributed by atoms with van der Waals surface area (Å²) < 4.78 is 2.31. The Morgan fingerprint density at radius 1 is 1.29 bits per heavy atom. The van der Waals surface area contributed by atoms with Crippen molar-refractivity contribution in [1.29, 1.82) is 5.26 Å². The lowest BCUT2D eigenvalue weighted by Crippen LogP contribution is -2.44. The van der Waals surface area contributed by atoms with Crippen LogP contribution in [0.15, 0.2) is 36.8 Å². The summed E-state index contributed by atoms with van der Waals surface area (Å²) in [4.78, 5) is 3.17. The van der Waals surface area contributed by atoms with Gasteiger partial charge in [0.15, 0.2) is 0 Å². The van der Waals surface area contributed by atoms with E-state index >= 15 is 0 Å². The maximum atomic E-state index is 8.80. The Labute approximate surface area is 100 Å². The first-order valence-electron chi connectivity index (χ1n) is 5.95. The third kappa shape index (κ3) is 1.72. The molecule has 0 aliphatic carbocycles. The number of aromatic nitrogens is 2. The molecule has 1 aliphatic rings. The summed E-state index contributed by atoms with van der Waals surface area (Å²) in [6, 6.07) is 10.5. The van der Waals surface area contributed by atoms with Crippen molar-refractivity contribution in [2.45, 2.75) is 25.3 Å². The van der Waals surface area contributed by atoms with Crippen LogP contribution in [0.1, 0.15) is 35.7 Å². The van der Waals surface area contributed by atoms with Gasteiger partial charge in [0.1, 0.15) is 17.9 Å². The topological polar surface area (TPSA) is 43.5 Å². The summed E-state index contributed by atoms with van der Waals surface area (Å²) in [6.07, 6.45) is 7.66. The van der Waals surface area contributed by atoms with Crippen molar-refractivity contribution < 1.29 is 4.57 Å². The van der Waals surface area contributed by atoms with Crippen molar-refractivity contribution in [2.24, 2.45) is 0 Å². The van der Waals surface area contributed by atoms with Crippen molar-refractivity contribution >= 4 is 0 Å². The molecule has 0 radical (unpaired) electrons. The summed E-state index contributed by atoms with van der Waals surface area (Å²) in [5.41, 5.74) is 3.38. The molecule has 2 aromatic rings. The van der Waals surface area contributed by atoms with Crippen LogP contribution in [-0.4, -0.2) is 4.98 Å². The summed E-state index contributed by atoms with van der Waals surface area (Å²) in [5, 5.41) is 8.80. The SMILES string of the molecule is N#Cc1ccc([C@@H]2CCCc3c[nH]c[n+]32)cc1. The van der Waals surface area contributed by atoms with Gasteiger partial charge in [-0.05, 0) is 30.5 Å². The van der Waals surface area contributed by atoms with Crippen LogP contribution < -0.4 is 4.57 Å². The van der Waals surface area contributed by atoms with E-state index in [0.717, 1.165) is 12.0 Å². The average molecular weight is 224 g/mol. The van der Waals surface area contributed by atoms with E-state index in [1.807, 2.05) is 18.5 Å². The third-order valence-corrected chi connectivity index (χ3v) is 3.47. The molecule has 0 amide bonds. The highest BCUT2D eigenvalue weighted by atomic mass is 15.1. The Kier molecular flexibility index (Phi) is 2.41. The van der Waals surface area contributed by atoms with Crippen molar-refractivity contribution in [3.8, 4) is 6.07 Å². The summed E-state index contributed by atoms with van der Waals surface area (Å²) in [5.74, 6) is 0. The molecule has 1 atom stereocenters. The van der Waals surface area contributed by atoms with Crippen molar-refractivity contribution in [3.63, 3.8) is 0 Å². The molecule has 84 valence electrons. The van der Waals surface area contributed by atoms with Gasteiger partial charge in [0.25, 0.3) is 0 Å². The van der Waals surface area contributed by atoms with Crippen molar-refractivity contribution in [3.05, 3.63) is 53.6 Å². The number of rotatable bonds is 1. The van der Waals surface area contributed by atoms with Crippen LogP contribution in [0.3, 0.4) is 0 Å². The molecule has 2 heterocycles. The average Bonchev–Trinajstić information content (AvgIpc) is 2.87. The highest BCUT2D eigenvalue weighted by molar-refractivity contribution is 5.32. The molecule has 0 spiro atoms. The van der Waals surface area contributed by atoms with E-state index in [9.17, 15) is 0 Å². The van der Waals surface area contributed by atoms with Gasteiger partial charge in [0, 0.05) is 6.42 Å². The number of hydrogen-bond acceptors (Lipinski definition) is 1. The zero-order valence-corrected chi connectivity index (χ0v) is 9.56. The number of hydrogen-bond donors (Lipinski definition) is 1. The van der Waals surface area contributed by atoms with Crippen LogP contribution in [0, 0.1) is 11.3 Å². The molecule has 0 saturated carbocycles. The summed E-state index contributed by atoms with van der Waals surface area (Å²) in [7, 11) is 0. The number of fused-ring (bicyclic) bond motifs is 1. The van der Waals surface area contributed by atoms with Crippen LogP contribution >= 0.6 is 0 Å². The monoisotopic (exact) mass is 224 g/mol. The smallest absolute Gasteiger partial charge is 0.242 e. The molecule has 1 aromatic heterocycles. The second kappa shape index (κ2) is 4.06. The largest absolute Gasteiger partial charge is 0.250 e. The van der Waals surface area contributed by atoms with E-state index in [1.54, 1.807) is 0 Å². The number of benzene rings is 1. The van der Waals surface area contributed by atoms with E-state index < -0.39 is 0 Å². The molecule has 0 unspecified atom stereocenters. The fourth-order valence-corrected chi connectivity index (χ4v) is 2.59. The summed E-state index contributed by atoms with van der Waals surface area (Å²) >= 11 is 0. The number of nitriles is 1. The number of aromatic amines is 1. The molecule has 0 fully saturated rings. The van der Waals surface area contributed by atoms with Gasteiger partial charge in [-0.3, -0.25) is 0 Å². The van der Waals surface area contributed by atoms with Gasteiger partial charge in [-0.25, -0.2) is 9.55 Å². The number of H-pyrrole nitrogens is 1. The fraction of sp³-hybridized carbons (Fsp3) is 0.286. The highest BCUT2D eigenvalue weighted by Gasteiger charge is 2.26. The summed E-state index contributed by atoms with van der Waals surface area (Å²) in [6.45, 7) is 0. The molecule has 1 aromatic carbocycles. The minimum atomic E-state index is 0.415. The van der Waals surface area contributed by atoms with Gasteiger partial charge in [-0.1, -0.05) is 12.1 Å². The minimum absolute atomic E-state index is 0.415. The van der Waals surface area contributed by atoms with Gasteiger partial charge < -0.3 is 0 Å². The molecular formula is C14H14N3+. The normalized spacial score (nSPS) is 18.4. The molecule has 0 saturated heterocycles. The molecule has 1 N–H and O–H groups in total. The quantitative estimate of drug-likeness (QED) is 0.741. The predicted octanol–water partition coefficient (Wildman–Crippen LogP) is 2.10. The number of aryl methyl sites for hydroxylation is 1. The minimum Gasteiger partial charge on any atom is -0.250 e. The van der Waals surface area contributed by atoms with Crippen molar-refractivity contribution in [1.82, 2.24) is 4.98 Å². The first-order chi connectivity index (χ1) is 8.38. The van der Waals surface area contributed by atoms with Gasteiger partial charge >= 0.3 is 0 Å². The fourth-order valence-electron chi connectivity index (χ4n) is 2.59. The standard InChI is InChI=1S/C14H13N3/c15-8-11-4-6-12(7-5-11)14-3-1-2-13-9-16-10-17(13)14/h4-7,9-10,14H,1-3H2/p+1/t14-/m0/s1. The van der Waals surface area contributed by atoms with Crippen LogP contribution in [0.4, 0.5) is 0 Å². The Morgan fingerprint density at radius 3 is 2.88 bits per heavy atom. The number of imidazole rings is 1. The lowest BCUT2D eigenvalue weighted by atomic mass is 9.96. The van der Waals surface area contributed by atoms with Gasteiger partial charge in [0.05, 0.1) is 11.6 Å². The molecule has 17 heavy (non-hydrogen) atoms. The molecule has 3 heteroatoms. The molecular weight excluding hydrogens is 210 g/mol. The Bertz CT molecular complexity index is 560. The molecule has 1 aliphatic heterocycles. The second-order valence-corrected chi connectivity index (χ2v) is 4.48. The van der Waals surface area contributed by atoms with E-state index in [4.69, 9.17) is 5.26 Å². The Morgan fingerprint density at radius 2 is 2.12 bits per heavy atom. The zero-order valence-electron chi connectivity index (χ0n) is 9.56. The van der Waals surface area contributed by atoms with Gasteiger partial charge in [-0.15, -0.1) is 0 Å². The first-order valence-corrected chi connectivity index (χ1v) is 5.95. The Balaban J connectivity index is 1.98. The molecule has 3 rings (SSSR count). The Hall–Kier alpha value is -2.08. The van der Waals surface area contributed by atoms with Crippen LogP contribution in [0.5, 0.6) is 0 Å². The van der Waals surface area contributed by atoms with Crippen LogP contribution in [-0.2, 0) is 6.42 Å². The van der Waals surface area contributed by atoms with Crippen LogP contribution in [0.2, 0.25) is 0 Å². The molecule has 3 nitrogen and oxygen atoms in total. The molecule has 0 bridgehead atoms. The van der Waals surface area contributed by atoms with Gasteiger partial charge in [-0.2, -0.15) is 5.26 Å². The zero-order chi connectivity index (χ0) is 11.7. The van der Waals surface area contributed by atoms with E-state index in [0.29, 0.717) is 6.04 Å². The van der Waals surface area contributed by atoms with E-state index in [2.05, 4.69) is 33.9 Å². The van der Waals surface area contributed by atoms with E-state index in [1.165, 1.54) is 24.1 Å².